The number of benzene rings is 1. The van der Waals surface area contributed by atoms with E-state index < -0.39 is 23.5 Å². The maximum Gasteiger partial charge on any atom is 0.239 e. The molecule has 1 atom stereocenters. The molecule has 4 nitrogen and oxygen atoms in total. The number of hydrogen-bond acceptors (Lipinski definition) is 2. The van der Waals surface area contributed by atoms with Crippen molar-refractivity contribution in [3.63, 3.8) is 0 Å². The molecule has 1 heterocycles. The molecule has 0 saturated carbocycles. The summed E-state index contributed by atoms with van der Waals surface area (Å²) in [4.78, 5) is 24.1. The van der Waals surface area contributed by atoms with Gasteiger partial charge in [-0.15, -0.1) is 0 Å². The highest BCUT2D eigenvalue weighted by atomic mass is 127. The molecular weight excluding hydrogens is 338 g/mol. The number of anilines is 1. The number of amides is 2. The molecule has 2 rings (SSSR count). The van der Waals surface area contributed by atoms with Gasteiger partial charge in [0.05, 0.1) is 5.69 Å². The number of halogens is 2. The van der Waals surface area contributed by atoms with Gasteiger partial charge in [0.25, 0.3) is 0 Å². The van der Waals surface area contributed by atoms with Gasteiger partial charge in [-0.05, 0) is 47.2 Å². The van der Waals surface area contributed by atoms with Gasteiger partial charge in [-0.25, -0.2) is 4.39 Å². The summed E-state index contributed by atoms with van der Waals surface area (Å²) in [7, 11) is 0. The fraction of sp³-hybridized carbons (Fsp3) is 0.273. The zero-order chi connectivity index (χ0) is 12.6. The van der Waals surface area contributed by atoms with E-state index in [2.05, 4.69) is 0 Å². The summed E-state index contributed by atoms with van der Waals surface area (Å²) in [5, 5.41) is 0. The van der Waals surface area contributed by atoms with Gasteiger partial charge in [-0.1, -0.05) is 0 Å². The van der Waals surface area contributed by atoms with Gasteiger partial charge in [0, 0.05) is 10.1 Å². The number of nitrogens with two attached hydrogens (primary N) is 1. The SMILES string of the molecule is NC(=O)[C@@H]1CCN(c2ccc(I)cc2F)C1=O. The highest BCUT2D eigenvalue weighted by Crippen LogP contribution is 2.28. The van der Waals surface area contributed by atoms with Crippen LogP contribution in [0.2, 0.25) is 0 Å². The first kappa shape index (κ1) is 12.3. The molecule has 2 N–H and O–H groups in total. The molecule has 2 amide bonds. The Balaban J connectivity index is 2.30. The molecule has 90 valence electrons. The van der Waals surface area contributed by atoms with E-state index in [0.29, 0.717) is 13.0 Å². The van der Waals surface area contributed by atoms with Crippen molar-refractivity contribution in [2.45, 2.75) is 6.42 Å². The van der Waals surface area contributed by atoms with Gasteiger partial charge in [0.2, 0.25) is 11.8 Å². The quantitative estimate of drug-likeness (QED) is 0.646. The molecule has 17 heavy (non-hydrogen) atoms. The maximum atomic E-state index is 13.7. The van der Waals surface area contributed by atoms with Crippen molar-refractivity contribution < 1.29 is 14.0 Å². The van der Waals surface area contributed by atoms with E-state index in [1.807, 2.05) is 22.6 Å². The van der Waals surface area contributed by atoms with Crippen LogP contribution in [0.1, 0.15) is 6.42 Å². The predicted octanol–water partition coefficient (Wildman–Crippen LogP) is 1.27. The van der Waals surface area contributed by atoms with Crippen LogP contribution < -0.4 is 10.6 Å². The minimum Gasteiger partial charge on any atom is -0.369 e. The Morgan fingerprint density at radius 1 is 1.53 bits per heavy atom. The molecule has 1 aromatic carbocycles. The Morgan fingerprint density at radius 2 is 2.24 bits per heavy atom. The third kappa shape index (κ3) is 2.26. The molecule has 1 aliphatic heterocycles. The lowest BCUT2D eigenvalue weighted by Gasteiger charge is -2.17. The monoisotopic (exact) mass is 348 g/mol. The maximum absolute atomic E-state index is 13.7. The largest absolute Gasteiger partial charge is 0.369 e. The lowest BCUT2D eigenvalue weighted by Crippen LogP contribution is -2.33. The van der Waals surface area contributed by atoms with Crippen LogP contribution in [0.3, 0.4) is 0 Å². The van der Waals surface area contributed by atoms with Crippen LogP contribution in [-0.4, -0.2) is 18.4 Å². The number of carbonyl (C=O) groups is 2. The van der Waals surface area contributed by atoms with Gasteiger partial charge in [-0.2, -0.15) is 0 Å². The van der Waals surface area contributed by atoms with Crippen molar-refractivity contribution in [1.29, 1.82) is 0 Å². The average molecular weight is 348 g/mol. The summed E-state index contributed by atoms with van der Waals surface area (Å²) in [5.74, 6) is -2.36. The van der Waals surface area contributed by atoms with Crippen LogP contribution in [0.5, 0.6) is 0 Å². The van der Waals surface area contributed by atoms with E-state index in [9.17, 15) is 14.0 Å². The van der Waals surface area contributed by atoms with Crippen LogP contribution in [-0.2, 0) is 9.59 Å². The number of hydrogen-bond donors (Lipinski definition) is 1. The first-order chi connectivity index (χ1) is 8.00. The van der Waals surface area contributed by atoms with Crippen molar-refractivity contribution in [2.75, 3.05) is 11.4 Å². The van der Waals surface area contributed by atoms with Crippen molar-refractivity contribution >= 4 is 40.1 Å². The van der Waals surface area contributed by atoms with Crippen LogP contribution in [0.4, 0.5) is 10.1 Å². The molecule has 0 radical (unpaired) electrons. The zero-order valence-corrected chi connectivity index (χ0v) is 11.0. The third-order valence-electron chi connectivity index (χ3n) is 2.75. The molecular formula is C11H10FIN2O2. The third-order valence-corrected chi connectivity index (χ3v) is 3.42. The van der Waals surface area contributed by atoms with Crippen LogP contribution in [0.25, 0.3) is 0 Å². The lowest BCUT2D eigenvalue weighted by atomic mass is 10.1. The van der Waals surface area contributed by atoms with Gasteiger partial charge in [0.1, 0.15) is 11.7 Å². The Morgan fingerprint density at radius 3 is 2.76 bits per heavy atom. The molecule has 6 heteroatoms. The summed E-state index contributed by atoms with van der Waals surface area (Å²) in [6.45, 7) is 0.323. The van der Waals surface area contributed by atoms with Crippen molar-refractivity contribution in [1.82, 2.24) is 0 Å². The van der Waals surface area contributed by atoms with E-state index >= 15 is 0 Å². The lowest BCUT2D eigenvalue weighted by molar-refractivity contribution is -0.130. The Hall–Kier alpha value is -1.18. The standard InChI is InChI=1S/C11H10FIN2O2/c12-8-5-6(13)1-2-9(8)15-4-3-7(10(14)16)11(15)17/h1-2,5,7H,3-4H2,(H2,14,16)/t7-/m0/s1. The average Bonchev–Trinajstić information content (AvgIpc) is 2.60. The zero-order valence-electron chi connectivity index (χ0n) is 8.82. The highest BCUT2D eigenvalue weighted by molar-refractivity contribution is 14.1. The topological polar surface area (TPSA) is 63.4 Å². The molecule has 0 unspecified atom stereocenters. The second kappa shape index (κ2) is 4.59. The van der Waals surface area contributed by atoms with Crippen molar-refractivity contribution in [3.05, 3.63) is 27.6 Å². The predicted molar refractivity (Wildman–Crippen MR) is 68.8 cm³/mol. The van der Waals surface area contributed by atoms with E-state index in [1.54, 1.807) is 12.1 Å². The van der Waals surface area contributed by atoms with Crippen molar-refractivity contribution in [3.8, 4) is 0 Å². The second-order valence-corrected chi connectivity index (χ2v) is 5.07. The molecule has 1 fully saturated rings. The first-order valence-electron chi connectivity index (χ1n) is 5.06. The molecule has 0 bridgehead atoms. The smallest absolute Gasteiger partial charge is 0.239 e. The van der Waals surface area contributed by atoms with Crippen molar-refractivity contribution in [2.24, 2.45) is 11.7 Å². The summed E-state index contributed by atoms with van der Waals surface area (Å²) in [5.41, 5.74) is 5.32. The van der Waals surface area contributed by atoms with Crippen LogP contribution in [0, 0.1) is 15.3 Å². The summed E-state index contributed by atoms with van der Waals surface area (Å²) in [6, 6.07) is 4.60. The van der Waals surface area contributed by atoms with Gasteiger partial charge in [-0.3, -0.25) is 9.59 Å². The minimum atomic E-state index is -0.825. The number of rotatable bonds is 2. The van der Waals surface area contributed by atoms with E-state index in [0.717, 1.165) is 3.57 Å². The van der Waals surface area contributed by atoms with E-state index in [4.69, 9.17) is 5.73 Å². The fourth-order valence-corrected chi connectivity index (χ4v) is 2.34. The second-order valence-electron chi connectivity index (χ2n) is 3.83. The summed E-state index contributed by atoms with van der Waals surface area (Å²) >= 11 is 1.99. The first-order valence-corrected chi connectivity index (χ1v) is 6.14. The fourth-order valence-electron chi connectivity index (χ4n) is 1.88. The summed E-state index contributed by atoms with van der Waals surface area (Å²) in [6.07, 6.45) is 0.347. The van der Waals surface area contributed by atoms with Gasteiger partial charge >= 0.3 is 0 Å². The highest BCUT2D eigenvalue weighted by Gasteiger charge is 2.37. The Labute approximate surface area is 111 Å². The number of nitrogens with zero attached hydrogens (tertiary/aromatic N) is 1. The summed E-state index contributed by atoms with van der Waals surface area (Å²) < 4.78 is 14.4. The van der Waals surface area contributed by atoms with E-state index in [1.165, 1.54) is 11.0 Å². The van der Waals surface area contributed by atoms with Crippen LogP contribution in [0.15, 0.2) is 18.2 Å². The van der Waals surface area contributed by atoms with Gasteiger partial charge < -0.3 is 10.6 Å². The number of primary amides is 1. The number of carbonyl (C=O) groups excluding carboxylic acids is 2. The Kier molecular flexibility index (Phi) is 3.32. The normalized spacial score (nSPS) is 19.8. The molecule has 1 aliphatic rings. The molecule has 0 aromatic heterocycles. The molecule has 0 aliphatic carbocycles. The van der Waals surface area contributed by atoms with E-state index in [-0.39, 0.29) is 5.69 Å². The molecule has 0 spiro atoms. The van der Waals surface area contributed by atoms with Crippen LogP contribution >= 0.6 is 22.6 Å². The Bertz CT molecular complexity index is 492. The minimum absolute atomic E-state index is 0.208. The molecule has 1 aromatic rings. The van der Waals surface area contributed by atoms with Gasteiger partial charge in [0.15, 0.2) is 0 Å². The molecule has 1 saturated heterocycles.